The van der Waals surface area contributed by atoms with Crippen molar-refractivity contribution in [3.8, 4) is 0 Å². The number of rotatable bonds is 14. The van der Waals surface area contributed by atoms with Crippen molar-refractivity contribution in [2.75, 3.05) is 52.4 Å². The van der Waals surface area contributed by atoms with Crippen LogP contribution >= 0.6 is 0 Å². The molecule has 36 heavy (non-hydrogen) atoms. The molecule has 0 radical (unpaired) electrons. The largest absolute Gasteiger partial charge is 0.340 e. The zero-order valence-corrected chi connectivity index (χ0v) is 23.7. The van der Waals surface area contributed by atoms with Crippen molar-refractivity contribution in [3.05, 3.63) is 0 Å². The van der Waals surface area contributed by atoms with Gasteiger partial charge in [0, 0.05) is 64.2 Å². The monoisotopic (exact) mass is 504 g/mol. The van der Waals surface area contributed by atoms with E-state index in [1.807, 2.05) is 0 Å². The quantitative estimate of drug-likeness (QED) is 0.322. The molecule has 6 heteroatoms. The molecule has 6 nitrogen and oxygen atoms in total. The molecule has 0 bridgehead atoms. The van der Waals surface area contributed by atoms with Gasteiger partial charge in [-0.15, -0.1) is 0 Å². The van der Waals surface area contributed by atoms with E-state index >= 15 is 0 Å². The van der Waals surface area contributed by atoms with Crippen LogP contribution in [0.2, 0.25) is 0 Å². The van der Waals surface area contributed by atoms with Crippen molar-refractivity contribution < 1.29 is 9.59 Å². The summed E-state index contributed by atoms with van der Waals surface area (Å²) in [5.74, 6) is 0.766. The maximum atomic E-state index is 12.8. The van der Waals surface area contributed by atoms with Gasteiger partial charge in [0.15, 0.2) is 0 Å². The first-order chi connectivity index (χ1) is 17.6. The summed E-state index contributed by atoms with van der Waals surface area (Å²) in [5, 5.41) is 0. The molecule has 0 aromatic carbocycles. The Bertz CT molecular complexity index is 568. The summed E-state index contributed by atoms with van der Waals surface area (Å²) >= 11 is 0. The first-order valence-corrected chi connectivity index (χ1v) is 15.7. The molecular weight excluding hydrogens is 448 g/mol. The van der Waals surface area contributed by atoms with Crippen molar-refractivity contribution in [3.63, 3.8) is 0 Å². The summed E-state index contributed by atoms with van der Waals surface area (Å²) < 4.78 is 0. The second-order valence-corrected chi connectivity index (χ2v) is 11.6. The average Bonchev–Trinajstić information content (AvgIpc) is 2.91. The number of piperazine rings is 1. The highest BCUT2D eigenvalue weighted by molar-refractivity contribution is 5.76. The third kappa shape index (κ3) is 9.63. The summed E-state index contributed by atoms with van der Waals surface area (Å²) in [4.78, 5) is 35.2. The van der Waals surface area contributed by atoms with Crippen LogP contribution in [0.4, 0.5) is 0 Å². The van der Waals surface area contributed by atoms with Crippen molar-refractivity contribution in [2.24, 2.45) is 0 Å². The zero-order valence-electron chi connectivity index (χ0n) is 23.7. The van der Waals surface area contributed by atoms with E-state index in [9.17, 15) is 9.59 Å². The average molecular weight is 505 g/mol. The van der Waals surface area contributed by atoms with Gasteiger partial charge < -0.3 is 19.6 Å². The van der Waals surface area contributed by atoms with E-state index in [1.54, 1.807) is 0 Å². The topological polar surface area (TPSA) is 47.1 Å². The highest BCUT2D eigenvalue weighted by atomic mass is 16.2. The summed E-state index contributed by atoms with van der Waals surface area (Å²) in [7, 11) is 0. The normalized spacial score (nSPS) is 20.9. The van der Waals surface area contributed by atoms with Crippen LogP contribution in [0.15, 0.2) is 0 Å². The molecule has 3 rings (SSSR count). The molecular formula is C30H56N4O2. The van der Waals surface area contributed by atoms with Gasteiger partial charge in [0.25, 0.3) is 0 Å². The standard InChI is InChI=1S/C30H56N4O2/c1-3-13-29(35)33(27-15-7-5-8-16-27)21-11-19-31-23-25-32(26-24-31)20-12-22-34(30(36)14-4-2)28-17-9-6-10-18-28/h27-28H,3-26H2,1-2H3. The Morgan fingerprint density at radius 3 is 1.31 bits per heavy atom. The molecule has 0 spiro atoms. The number of hydrogen-bond acceptors (Lipinski definition) is 4. The number of carbonyl (C=O) groups is 2. The van der Waals surface area contributed by atoms with Gasteiger partial charge in [-0.05, 0) is 64.5 Å². The van der Waals surface area contributed by atoms with Crippen molar-refractivity contribution in [2.45, 2.75) is 129 Å². The second kappa shape index (κ2) is 16.7. The minimum atomic E-state index is 0.383. The smallest absolute Gasteiger partial charge is 0.222 e. The third-order valence-corrected chi connectivity index (χ3v) is 8.81. The van der Waals surface area contributed by atoms with Gasteiger partial charge in [0.1, 0.15) is 0 Å². The summed E-state index contributed by atoms with van der Waals surface area (Å²) in [6, 6.07) is 0.985. The Balaban J connectivity index is 1.34. The first kappa shape index (κ1) is 29.4. The van der Waals surface area contributed by atoms with Crippen LogP contribution in [0.5, 0.6) is 0 Å². The molecule has 0 N–H and O–H groups in total. The fourth-order valence-corrected chi connectivity index (χ4v) is 6.69. The fraction of sp³-hybridized carbons (Fsp3) is 0.933. The van der Waals surface area contributed by atoms with Gasteiger partial charge in [0.2, 0.25) is 11.8 Å². The van der Waals surface area contributed by atoms with Gasteiger partial charge in [-0.2, -0.15) is 0 Å². The van der Waals surface area contributed by atoms with Gasteiger partial charge in [0.05, 0.1) is 0 Å². The molecule has 1 aliphatic heterocycles. The van der Waals surface area contributed by atoms with E-state index in [1.165, 1.54) is 64.2 Å². The lowest BCUT2D eigenvalue weighted by Crippen LogP contribution is -2.48. The molecule has 1 heterocycles. The third-order valence-electron chi connectivity index (χ3n) is 8.81. The molecule has 2 aliphatic carbocycles. The van der Waals surface area contributed by atoms with Crippen LogP contribution < -0.4 is 0 Å². The zero-order chi connectivity index (χ0) is 25.6. The molecule has 208 valence electrons. The Labute approximate surface area is 222 Å². The number of carbonyl (C=O) groups excluding carboxylic acids is 2. The van der Waals surface area contributed by atoms with E-state index < -0.39 is 0 Å². The van der Waals surface area contributed by atoms with E-state index in [0.29, 0.717) is 36.7 Å². The minimum absolute atomic E-state index is 0.383. The van der Waals surface area contributed by atoms with E-state index in [-0.39, 0.29) is 0 Å². The lowest BCUT2D eigenvalue weighted by Gasteiger charge is -2.38. The van der Waals surface area contributed by atoms with Crippen LogP contribution in [0.25, 0.3) is 0 Å². The lowest BCUT2D eigenvalue weighted by molar-refractivity contribution is -0.135. The maximum absolute atomic E-state index is 12.8. The predicted molar refractivity (Wildman–Crippen MR) is 149 cm³/mol. The first-order valence-electron chi connectivity index (χ1n) is 15.7. The summed E-state index contributed by atoms with van der Waals surface area (Å²) in [6.45, 7) is 12.9. The number of amides is 2. The minimum Gasteiger partial charge on any atom is -0.340 e. The molecule has 3 aliphatic rings. The molecule has 2 saturated carbocycles. The van der Waals surface area contributed by atoms with Gasteiger partial charge in [-0.1, -0.05) is 52.4 Å². The van der Waals surface area contributed by atoms with Gasteiger partial charge >= 0.3 is 0 Å². The maximum Gasteiger partial charge on any atom is 0.222 e. The highest BCUT2D eigenvalue weighted by Gasteiger charge is 2.26. The van der Waals surface area contributed by atoms with E-state index in [2.05, 4.69) is 33.4 Å². The molecule has 0 aromatic rings. The fourth-order valence-electron chi connectivity index (χ4n) is 6.69. The molecule has 0 aromatic heterocycles. The van der Waals surface area contributed by atoms with Crippen LogP contribution in [-0.2, 0) is 9.59 Å². The van der Waals surface area contributed by atoms with Crippen LogP contribution in [0.3, 0.4) is 0 Å². The van der Waals surface area contributed by atoms with Crippen molar-refractivity contribution in [1.82, 2.24) is 19.6 Å². The number of hydrogen-bond donors (Lipinski definition) is 0. The Hall–Kier alpha value is -1.14. The van der Waals surface area contributed by atoms with E-state index in [4.69, 9.17) is 0 Å². The second-order valence-electron chi connectivity index (χ2n) is 11.6. The number of nitrogens with zero attached hydrogens (tertiary/aromatic N) is 4. The summed E-state index contributed by atoms with van der Waals surface area (Å²) in [6.07, 6.45) is 18.2. The van der Waals surface area contributed by atoms with Gasteiger partial charge in [-0.25, -0.2) is 0 Å². The molecule has 0 unspecified atom stereocenters. The highest BCUT2D eigenvalue weighted by Crippen LogP contribution is 2.25. The summed E-state index contributed by atoms with van der Waals surface area (Å²) in [5.41, 5.74) is 0. The van der Waals surface area contributed by atoms with E-state index in [0.717, 1.165) is 78.0 Å². The molecule has 0 atom stereocenters. The van der Waals surface area contributed by atoms with Crippen LogP contribution in [0, 0.1) is 0 Å². The van der Waals surface area contributed by atoms with Crippen molar-refractivity contribution in [1.29, 1.82) is 0 Å². The van der Waals surface area contributed by atoms with Crippen LogP contribution in [0.1, 0.15) is 117 Å². The molecule has 1 saturated heterocycles. The lowest BCUT2D eigenvalue weighted by atomic mass is 9.93. The SMILES string of the molecule is CCCC(=O)N(CCCN1CCN(CCCN(C(=O)CCC)C2CCCCC2)CC1)C1CCCCC1. The Morgan fingerprint density at radius 2 is 0.972 bits per heavy atom. The van der Waals surface area contributed by atoms with Gasteiger partial charge in [-0.3, -0.25) is 9.59 Å². The Morgan fingerprint density at radius 1 is 0.611 bits per heavy atom. The van der Waals surface area contributed by atoms with Crippen molar-refractivity contribution >= 4 is 11.8 Å². The van der Waals surface area contributed by atoms with Crippen LogP contribution in [-0.4, -0.2) is 95.9 Å². The predicted octanol–water partition coefficient (Wildman–Crippen LogP) is 5.31. The molecule has 3 fully saturated rings. The Kier molecular flexibility index (Phi) is 13.6. The molecule has 2 amide bonds.